The minimum Gasteiger partial charge on any atom is -0.0613 e. The van der Waals surface area contributed by atoms with E-state index >= 15 is 0 Å². The summed E-state index contributed by atoms with van der Waals surface area (Å²) in [7, 11) is -0.487. The Morgan fingerprint density at radius 3 is 1.45 bits per heavy atom. The first-order valence-electron chi connectivity index (χ1n) is 7.63. The Kier molecular flexibility index (Phi) is 4.41. The SMILES string of the molecule is Cc1ccc(P(c2ccc(C)cc2)c2cccc(C)c2)cc1. The van der Waals surface area contributed by atoms with Gasteiger partial charge in [0, 0.05) is 0 Å². The molecule has 0 aromatic heterocycles. The van der Waals surface area contributed by atoms with Gasteiger partial charge < -0.3 is 0 Å². The van der Waals surface area contributed by atoms with Gasteiger partial charge in [-0.1, -0.05) is 89.5 Å². The highest BCUT2D eigenvalue weighted by Crippen LogP contribution is 2.33. The summed E-state index contributed by atoms with van der Waals surface area (Å²) in [5.41, 5.74) is 3.95. The highest BCUT2D eigenvalue weighted by molar-refractivity contribution is 7.79. The van der Waals surface area contributed by atoms with Crippen molar-refractivity contribution in [2.24, 2.45) is 0 Å². The molecular weight excluding hydrogens is 283 g/mol. The van der Waals surface area contributed by atoms with Gasteiger partial charge in [0.05, 0.1) is 0 Å². The summed E-state index contributed by atoms with van der Waals surface area (Å²) in [6, 6.07) is 26.9. The fourth-order valence-corrected chi connectivity index (χ4v) is 4.96. The molecule has 0 fully saturated rings. The molecule has 0 amide bonds. The second-order valence-corrected chi connectivity index (χ2v) is 8.07. The van der Waals surface area contributed by atoms with E-state index in [1.54, 1.807) is 0 Å². The van der Waals surface area contributed by atoms with E-state index in [0.29, 0.717) is 0 Å². The van der Waals surface area contributed by atoms with Crippen LogP contribution in [-0.2, 0) is 0 Å². The van der Waals surface area contributed by atoms with Crippen LogP contribution in [0, 0.1) is 20.8 Å². The van der Waals surface area contributed by atoms with Gasteiger partial charge in [0.15, 0.2) is 0 Å². The van der Waals surface area contributed by atoms with Gasteiger partial charge in [-0.3, -0.25) is 0 Å². The first-order valence-corrected chi connectivity index (χ1v) is 8.98. The normalized spacial score (nSPS) is 10.9. The Hall–Kier alpha value is -1.91. The molecule has 0 aliphatic rings. The van der Waals surface area contributed by atoms with E-state index in [0.717, 1.165) is 0 Å². The van der Waals surface area contributed by atoms with Crippen LogP contribution in [0.3, 0.4) is 0 Å². The van der Waals surface area contributed by atoms with Crippen molar-refractivity contribution in [2.45, 2.75) is 20.8 Å². The van der Waals surface area contributed by atoms with E-state index in [1.807, 2.05) is 0 Å². The first-order chi connectivity index (χ1) is 10.6. The summed E-state index contributed by atoms with van der Waals surface area (Å²) < 4.78 is 0. The summed E-state index contributed by atoms with van der Waals surface area (Å²) >= 11 is 0. The van der Waals surface area contributed by atoms with Crippen LogP contribution in [0.25, 0.3) is 0 Å². The van der Waals surface area contributed by atoms with Crippen LogP contribution in [0.4, 0.5) is 0 Å². The van der Waals surface area contributed by atoms with Gasteiger partial charge in [-0.15, -0.1) is 0 Å². The van der Waals surface area contributed by atoms with Crippen LogP contribution in [-0.4, -0.2) is 0 Å². The second kappa shape index (κ2) is 6.46. The lowest BCUT2D eigenvalue weighted by Crippen LogP contribution is -2.20. The zero-order valence-electron chi connectivity index (χ0n) is 13.4. The minimum absolute atomic E-state index is 0.487. The lowest BCUT2D eigenvalue weighted by Gasteiger charge is -2.20. The summed E-state index contributed by atoms with van der Waals surface area (Å²) in [4.78, 5) is 0. The van der Waals surface area contributed by atoms with Gasteiger partial charge >= 0.3 is 0 Å². The van der Waals surface area contributed by atoms with Gasteiger partial charge in [0.1, 0.15) is 0 Å². The highest BCUT2D eigenvalue weighted by Gasteiger charge is 2.16. The largest absolute Gasteiger partial charge is 0.0613 e. The van der Waals surface area contributed by atoms with E-state index in [2.05, 4.69) is 93.6 Å². The third-order valence-electron chi connectivity index (χ3n) is 3.84. The van der Waals surface area contributed by atoms with Crippen LogP contribution in [0.15, 0.2) is 72.8 Å². The number of aryl methyl sites for hydroxylation is 3. The fourth-order valence-electron chi connectivity index (χ4n) is 2.60. The summed E-state index contributed by atoms with van der Waals surface area (Å²) in [6.07, 6.45) is 0. The second-order valence-electron chi connectivity index (χ2n) is 5.85. The zero-order valence-corrected chi connectivity index (χ0v) is 14.3. The monoisotopic (exact) mass is 304 g/mol. The van der Waals surface area contributed by atoms with E-state index in [1.165, 1.54) is 32.6 Å². The molecule has 3 aromatic carbocycles. The van der Waals surface area contributed by atoms with Gasteiger partial charge in [-0.25, -0.2) is 0 Å². The molecule has 0 unspecified atom stereocenters. The van der Waals surface area contributed by atoms with Crippen LogP contribution in [0.2, 0.25) is 0 Å². The molecule has 0 atom stereocenters. The molecule has 3 rings (SSSR count). The number of hydrogen-bond donors (Lipinski definition) is 0. The average molecular weight is 304 g/mol. The molecule has 1 heteroatoms. The Bertz CT molecular complexity index is 709. The maximum Gasteiger partial charge on any atom is -0.0134 e. The molecular formula is C21H21P. The predicted molar refractivity (Wildman–Crippen MR) is 99.4 cm³/mol. The summed E-state index contributed by atoms with van der Waals surface area (Å²) in [5.74, 6) is 0. The lowest BCUT2D eigenvalue weighted by atomic mass is 10.2. The maximum atomic E-state index is 2.32. The Morgan fingerprint density at radius 2 is 1.00 bits per heavy atom. The van der Waals surface area contributed by atoms with Crippen molar-refractivity contribution in [1.82, 2.24) is 0 Å². The van der Waals surface area contributed by atoms with E-state index in [-0.39, 0.29) is 0 Å². The number of rotatable bonds is 3. The Balaban J connectivity index is 2.13. The van der Waals surface area contributed by atoms with Crippen LogP contribution < -0.4 is 15.9 Å². The molecule has 110 valence electrons. The minimum atomic E-state index is -0.487. The van der Waals surface area contributed by atoms with Crippen LogP contribution in [0.5, 0.6) is 0 Å². The van der Waals surface area contributed by atoms with Crippen molar-refractivity contribution in [2.75, 3.05) is 0 Å². The maximum absolute atomic E-state index is 2.32. The number of benzene rings is 3. The summed E-state index contributed by atoms with van der Waals surface area (Å²) in [6.45, 7) is 6.45. The molecule has 0 nitrogen and oxygen atoms in total. The Morgan fingerprint density at radius 1 is 0.500 bits per heavy atom. The molecule has 0 aliphatic heterocycles. The topological polar surface area (TPSA) is 0 Å². The van der Waals surface area contributed by atoms with Gasteiger partial charge in [0.25, 0.3) is 0 Å². The molecule has 3 aromatic rings. The number of hydrogen-bond acceptors (Lipinski definition) is 0. The molecule has 0 aliphatic carbocycles. The van der Waals surface area contributed by atoms with Crippen molar-refractivity contribution in [3.8, 4) is 0 Å². The smallest absolute Gasteiger partial charge is 0.0134 e. The van der Waals surface area contributed by atoms with Gasteiger partial charge in [-0.05, 0) is 44.6 Å². The Labute approximate surface area is 134 Å². The van der Waals surface area contributed by atoms with Crippen molar-refractivity contribution in [1.29, 1.82) is 0 Å². The molecule has 22 heavy (non-hydrogen) atoms. The first kappa shape index (κ1) is 15.0. The van der Waals surface area contributed by atoms with Crippen LogP contribution >= 0.6 is 7.92 Å². The van der Waals surface area contributed by atoms with E-state index in [9.17, 15) is 0 Å². The van der Waals surface area contributed by atoms with Crippen LogP contribution in [0.1, 0.15) is 16.7 Å². The van der Waals surface area contributed by atoms with Crippen molar-refractivity contribution in [3.63, 3.8) is 0 Å². The van der Waals surface area contributed by atoms with Crippen molar-refractivity contribution < 1.29 is 0 Å². The molecule has 0 saturated carbocycles. The predicted octanol–water partition coefficient (Wildman–Crippen LogP) is 4.37. The third kappa shape index (κ3) is 3.29. The van der Waals surface area contributed by atoms with Crippen molar-refractivity contribution >= 4 is 23.8 Å². The van der Waals surface area contributed by atoms with E-state index < -0.39 is 7.92 Å². The van der Waals surface area contributed by atoms with Gasteiger partial charge in [-0.2, -0.15) is 0 Å². The standard InChI is InChI=1S/C21H21P/c1-16-7-11-19(12-8-16)22(20-13-9-17(2)10-14-20)21-6-4-5-18(3)15-21/h4-15H,1-3H3. The molecule has 0 spiro atoms. The lowest BCUT2D eigenvalue weighted by molar-refractivity contribution is 1.48. The van der Waals surface area contributed by atoms with Gasteiger partial charge in [0.2, 0.25) is 0 Å². The average Bonchev–Trinajstić information content (AvgIpc) is 2.51. The van der Waals surface area contributed by atoms with Crippen molar-refractivity contribution in [3.05, 3.63) is 89.5 Å². The highest BCUT2D eigenvalue weighted by atomic mass is 31.1. The quantitative estimate of drug-likeness (QED) is 0.630. The molecule has 0 saturated heterocycles. The molecule has 0 bridgehead atoms. The summed E-state index contributed by atoms with van der Waals surface area (Å²) in [5, 5.41) is 4.24. The van der Waals surface area contributed by atoms with E-state index in [4.69, 9.17) is 0 Å². The molecule has 0 heterocycles. The molecule has 0 radical (unpaired) electrons. The third-order valence-corrected chi connectivity index (χ3v) is 6.27. The molecule has 0 N–H and O–H groups in total. The fraction of sp³-hybridized carbons (Fsp3) is 0.143. The zero-order chi connectivity index (χ0) is 15.5.